The molecule has 0 fully saturated rings. The maximum atomic E-state index is 13.9. The number of rotatable bonds is 5. The third-order valence-electron chi connectivity index (χ3n) is 4.50. The van der Waals surface area contributed by atoms with E-state index in [9.17, 15) is 18.0 Å². The molecule has 1 N–H and O–H groups in total. The fourth-order valence-corrected chi connectivity index (χ4v) is 3.47. The molecule has 0 amide bonds. The van der Waals surface area contributed by atoms with E-state index in [0.717, 1.165) is 35.2 Å². The second-order valence-corrected chi connectivity index (χ2v) is 7.34. The first-order chi connectivity index (χ1) is 14.4. The van der Waals surface area contributed by atoms with Crippen LogP contribution in [0.3, 0.4) is 0 Å². The topological polar surface area (TPSA) is 59.8 Å². The number of aromatic nitrogens is 3. The van der Waals surface area contributed by atoms with Gasteiger partial charge in [0.2, 0.25) is 11.8 Å². The number of nitrogens with one attached hydrogen (secondary N) is 1. The number of hydrogen-bond acceptors (Lipinski definition) is 5. The Morgan fingerprint density at radius 1 is 1.07 bits per heavy atom. The molecule has 4 aromatic rings. The Kier molecular flexibility index (Phi) is 5.37. The largest absolute Gasteiger partial charge is 0.325 e. The number of hydrogen-bond donors (Lipinski definition) is 1. The van der Waals surface area contributed by atoms with Gasteiger partial charge in [-0.15, -0.1) is 11.3 Å². The predicted octanol–water partition coefficient (Wildman–Crippen LogP) is 4.88. The van der Waals surface area contributed by atoms with Crippen LogP contribution in [0, 0.1) is 24.4 Å². The zero-order valence-electron chi connectivity index (χ0n) is 15.7. The van der Waals surface area contributed by atoms with E-state index in [2.05, 4.69) is 15.3 Å². The van der Waals surface area contributed by atoms with Crippen LogP contribution in [-0.2, 0) is 6.54 Å². The molecule has 152 valence electrons. The van der Waals surface area contributed by atoms with Gasteiger partial charge in [0.05, 0.1) is 17.7 Å². The second kappa shape index (κ2) is 8.11. The van der Waals surface area contributed by atoms with Crippen LogP contribution in [0.5, 0.6) is 0 Å². The zero-order chi connectivity index (χ0) is 21.3. The molecule has 0 atom stereocenters. The summed E-state index contributed by atoms with van der Waals surface area (Å²) in [5.74, 6) is -2.96. The summed E-state index contributed by atoms with van der Waals surface area (Å²) < 4.78 is 42.0. The molecule has 0 unspecified atom stereocenters. The quantitative estimate of drug-likeness (QED) is 0.492. The Morgan fingerprint density at radius 3 is 2.63 bits per heavy atom. The van der Waals surface area contributed by atoms with Crippen LogP contribution in [0.2, 0.25) is 0 Å². The molecule has 4 rings (SSSR count). The van der Waals surface area contributed by atoms with Crippen LogP contribution < -0.4 is 10.9 Å². The first-order valence-electron chi connectivity index (χ1n) is 8.88. The smallest absolute Gasteiger partial charge is 0.310 e. The van der Waals surface area contributed by atoms with Gasteiger partial charge < -0.3 is 9.88 Å². The molecule has 0 aliphatic heterocycles. The minimum Gasteiger partial charge on any atom is -0.325 e. The van der Waals surface area contributed by atoms with Gasteiger partial charge in [-0.3, -0.25) is 4.79 Å². The third kappa shape index (κ3) is 4.11. The summed E-state index contributed by atoms with van der Waals surface area (Å²) in [7, 11) is 0. The molecule has 0 aliphatic carbocycles. The van der Waals surface area contributed by atoms with Gasteiger partial charge >= 0.3 is 5.56 Å². The lowest BCUT2D eigenvalue weighted by atomic mass is 10.1. The lowest BCUT2D eigenvalue weighted by Crippen LogP contribution is -2.20. The van der Waals surface area contributed by atoms with Crippen molar-refractivity contribution in [2.75, 3.05) is 5.32 Å². The Balaban J connectivity index is 1.72. The molecule has 2 heterocycles. The van der Waals surface area contributed by atoms with Gasteiger partial charge in [-0.2, -0.15) is 9.37 Å². The van der Waals surface area contributed by atoms with Gasteiger partial charge in [0.1, 0.15) is 0 Å². The molecule has 2 aromatic heterocycles. The highest BCUT2D eigenvalue weighted by Gasteiger charge is 2.12. The highest BCUT2D eigenvalue weighted by molar-refractivity contribution is 7.07. The molecule has 0 aliphatic rings. The third-order valence-corrected chi connectivity index (χ3v) is 5.09. The summed E-state index contributed by atoms with van der Waals surface area (Å²) in [5.41, 5.74) is 4.27. The number of benzene rings is 2. The van der Waals surface area contributed by atoms with Crippen molar-refractivity contribution in [1.82, 2.24) is 14.5 Å². The van der Waals surface area contributed by atoms with Crippen LogP contribution in [0.15, 0.2) is 58.3 Å². The lowest BCUT2D eigenvalue weighted by molar-refractivity contribution is 0.506. The van der Waals surface area contributed by atoms with Gasteiger partial charge in [0.25, 0.3) is 0 Å². The summed E-state index contributed by atoms with van der Waals surface area (Å²) in [6.07, 6.45) is 0.985. The first-order valence-corrected chi connectivity index (χ1v) is 9.82. The molecule has 0 radical (unpaired) electrons. The minimum atomic E-state index is -1.05. The Morgan fingerprint density at radius 2 is 1.90 bits per heavy atom. The van der Waals surface area contributed by atoms with Crippen molar-refractivity contribution in [2.24, 2.45) is 0 Å². The van der Waals surface area contributed by atoms with E-state index in [1.807, 2.05) is 30.5 Å². The molecule has 0 saturated carbocycles. The Hall–Kier alpha value is -3.46. The summed E-state index contributed by atoms with van der Waals surface area (Å²) in [4.78, 5) is 19.9. The molecule has 9 heteroatoms. The van der Waals surface area contributed by atoms with E-state index >= 15 is 0 Å². The summed E-state index contributed by atoms with van der Waals surface area (Å²) >= 11 is 1.47. The summed E-state index contributed by atoms with van der Waals surface area (Å²) in [6.45, 7) is 1.85. The number of aryl methyl sites for hydroxylation is 1. The van der Waals surface area contributed by atoms with Crippen LogP contribution in [-0.4, -0.2) is 14.5 Å². The first kappa shape index (κ1) is 19.8. The van der Waals surface area contributed by atoms with Crippen LogP contribution in [0.25, 0.3) is 11.3 Å². The number of anilines is 2. The van der Waals surface area contributed by atoms with Gasteiger partial charge in [-0.05, 0) is 36.2 Å². The maximum absolute atomic E-state index is 13.9. The van der Waals surface area contributed by atoms with Gasteiger partial charge in [-0.25, -0.2) is 13.8 Å². The summed E-state index contributed by atoms with van der Waals surface area (Å²) in [6, 6.07) is 9.04. The fourth-order valence-electron chi connectivity index (χ4n) is 2.91. The normalized spacial score (nSPS) is 10.9. The Labute approximate surface area is 173 Å². The SMILES string of the molecule is Cc1ccc(-c2cscn2)cc1Nc1nc(=O)c(F)cn1Cc1ccc(F)c(F)c1. The van der Waals surface area contributed by atoms with E-state index in [4.69, 9.17) is 0 Å². The summed E-state index contributed by atoms with van der Waals surface area (Å²) in [5, 5.41) is 4.96. The highest BCUT2D eigenvalue weighted by Crippen LogP contribution is 2.27. The van der Waals surface area contributed by atoms with Crippen molar-refractivity contribution < 1.29 is 13.2 Å². The molecule has 0 saturated heterocycles. The monoisotopic (exact) mass is 428 g/mol. The van der Waals surface area contributed by atoms with E-state index < -0.39 is 23.0 Å². The van der Waals surface area contributed by atoms with Crippen molar-refractivity contribution in [2.45, 2.75) is 13.5 Å². The lowest BCUT2D eigenvalue weighted by Gasteiger charge is -2.16. The fraction of sp³-hybridized carbons (Fsp3) is 0.0952. The molecule has 5 nitrogen and oxygen atoms in total. The average molecular weight is 428 g/mol. The van der Waals surface area contributed by atoms with Crippen molar-refractivity contribution in [3.63, 3.8) is 0 Å². The molecule has 30 heavy (non-hydrogen) atoms. The van der Waals surface area contributed by atoms with E-state index in [-0.39, 0.29) is 12.5 Å². The van der Waals surface area contributed by atoms with E-state index in [1.54, 1.807) is 5.51 Å². The highest BCUT2D eigenvalue weighted by atomic mass is 32.1. The molecular formula is C21H15F3N4OS. The predicted molar refractivity (Wildman–Crippen MR) is 109 cm³/mol. The average Bonchev–Trinajstić information content (AvgIpc) is 3.25. The van der Waals surface area contributed by atoms with Gasteiger partial charge in [-0.1, -0.05) is 18.2 Å². The van der Waals surface area contributed by atoms with Crippen LogP contribution in [0.1, 0.15) is 11.1 Å². The van der Waals surface area contributed by atoms with Gasteiger partial charge in [0, 0.05) is 22.8 Å². The van der Waals surface area contributed by atoms with Crippen LogP contribution >= 0.6 is 11.3 Å². The molecule has 0 spiro atoms. The number of halogens is 3. The van der Waals surface area contributed by atoms with Gasteiger partial charge in [0.15, 0.2) is 11.6 Å². The van der Waals surface area contributed by atoms with E-state index in [0.29, 0.717) is 11.3 Å². The van der Waals surface area contributed by atoms with Crippen molar-refractivity contribution in [1.29, 1.82) is 0 Å². The molecular weight excluding hydrogens is 413 g/mol. The second-order valence-electron chi connectivity index (χ2n) is 6.62. The zero-order valence-corrected chi connectivity index (χ0v) is 16.5. The van der Waals surface area contributed by atoms with Crippen molar-refractivity contribution >= 4 is 23.0 Å². The molecule has 0 bridgehead atoms. The van der Waals surface area contributed by atoms with Crippen LogP contribution in [0.4, 0.5) is 24.8 Å². The number of nitrogens with zero attached hydrogens (tertiary/aromatic N) is 3. The molecule has 2 aromatic carbocycles. The maximum Gasteiger partial charge on any atom is 0.310 e. The van der Waals surface area contributed by atoms with Crippen molar-refractivity contribution in [3.8, 4) is 11.3 Å². The van der Waals surface area contributed by atoms with E-state index in [1.165, 1.54) is 22.0 Å². The van der Waals surface area contributed by atoms with Crippen molar-refractivity contribution in [3.05, 3.63) is 92.4 Å². The Bertz CT molecular complexity index is 1270. The minimum absolute atomic E-state index is 0.0193. The number of thiazole rings is 1. The standard InChI is InChI=1S/C21H15F3N4OS/c1-12-2-4-14(19-10-30-11-25-19)7-18(12)26-21-27-20(29)17(24)9-28(21)8-13-3-5-15(22)16(23)6-13/h2-7,9-11H,8H2,1H3,(H,26,27,29).